The molecular formula is C8H4BrFN2O2. The van der Waals surface area contributed by atoms with Gasteiger partial charge in [-0.2, -0.15) is 4.39 Å². The molecule has 0 aromatic carbocycles. The van der Waals surface area contributed by atoms with E-state index in [-0.39, 0.29) is 15.7 Å². The molecule has 0 radical (unpaired) electrons. The monoisotopic (exact) mass is 258 g/mol. The number of aromatic nitrogens is 2. The van der Waals surface area contributed by atoms with E-state index in [1.807, 2.05) is 0 Å². The average Bonchev–Trinajstić information content (AvgIpc) is 2.55. The standard InChI is InChI=1S/C8H4BrFN2O2/c9-4-1-2-5-6(8(13)14)11-3-12(5)7(4)10/h1-3H,(H,13,14). The Morgan fingerprint density at radius 1 is 1.57 bits per heavy atom. The van der Waals surface area contributed by atoms with Crippen LogP contribution in [0, 0.1) is 5.95 Å². The van der Waals surface area contributed by atoms with Gasteiger partial charge in [-0.15, -0.1) is 0 Å². The van der Waals surface area contributed by atoms with Gasteiger partial charge in [0.25, 0.3) is 0 Å². The van der Waals surface area contributed by atoms with Gasteiger partial charge in [-0.25, -0.2) is 9.78 Å². The van der Waals surface area contributed by atoms with Crippen LogP contribution in [0.3, 0.4) is 0 Å². The first-order valence-corrected chi connectivity index (χ1v) is 4.45. The molecule has 0 saturated heterocycles. The van der Waals surface area contributed by atoms with Crippen molar-refractivity contribution in [2.24, 2.45) is 0 Å². The number of pyridine rings is 1. The van der Waals surface area contributed by atoms with Crippen LogP contribution in [0.5, 0.6) is 0 Å². The first-order chi connectivity index (χ1) is 6.61. The van der Waals surface area contributed by atoms with E-state index in [1.165, 1.54) is 12.1 Å². The summed E-state index contributed by atoms with van der Waals surface area (Å²) in [6.45, 7) is 0. The molecule has 0 aliphatic heterocycles. The summed E-state index contributed by atoms with van der Waals surface area (Å²) in [6.07, 6.45) is 1.14. The molecule has 0 fully saturated rings. The predicted octanol–water partition coefficient (Wildman–Crippen LogP) is 1.93. The number of hydrogen-bond acceptors (Lipinski definition) is 2. The smallest absolute Gasteiger partial charge is 0.356 e. The molecule has 0 aliphatic carbocycles. The highest BCUT2D eigenvalue weighted by Crippen LogP contribution is 2.19. The van der Waals surface area contributed by atoms with E-state index in [1.54, 1.807) is 0 Å². The Balaban J connectivity index is 2.83. The lowest BCUT2D eigenvalue weighted by Gasteiger charge is -1.98. The first-order valence-electron chi connectivity index (χ1n) is 3.65. The number of halogens is 2. The number of carboxylic acid groups (broad SMARTS) is 1. The van der Waals surface area contributed by atoms with Crippen LogP contribution < -0.4 is 0 Å². The molecule has 2 rings (SSSR count). The summed E-state index contributed by atoms with van der Waals surface area (Å²) in [5, 5.41) is 8.72. The van der Waals surface area contributed by atoms with Gasteiger partial charge in [0.1, 0.15) is 6.33 Å². The number of imidazole rings is 1. The molecule has 14 heavy (non-hydrogen) atoms. The Morgan fingerprint density at radius 2 is 2.29 bits per heavy atom. The van der Waals surface area contributed by atoms with Crippen LogP contribution in [0.15, 0.2) is 22.9 Å². The quantitative estimate of drug-likeness (QED) is 0.796. The highest BCUT2D eigenvalue weighted by molar-refractivity contribution is 9.10. The van der Waals surface area contributed by atoms with Gasteiger partial charge in [-0.3, -0.25) is 4.40 Å². The maximum Gasteiger partial charge on any atom is 0.356 e. The Bertz CT molecular complexity index is 523. The SMILES string of the molecule is O=C(O)c1ncn2c(F)c(Br)ccc12. The van der Waals surface area contributed by atoms with Crippen molar-refractivity contribution in [2.75, 3.05) is 0 Å². The summed E-state index contributed by atoms with van der Waals surface area (Å²) in [6, 6.07) is 2.93. The third-order valence-electron chi connectivity index (χ3n) is 1.80. The maximum absolute atomic E-state index is 13.4. The fourth-order valence-corrected chi connectivity index (χ4v) is 1.50. The van der Waals surface area contributed by atoms with E-state index in [2.05, 4.69) is 20.9 Å². The van der Waals surface area contributed by atoms with Crippen LogP contribution >= 0.6 is 15.9 Å². The minimum atomic E-state index is -1.17. The van der Waals surface area contributed by atoms with Crippen molar-refractivity contribution in [1.29, 1.82) is 0 Å². The van der Waals surface area contributed by atoms with Gasteiger partial charge in [0.15, 0.2) is 5.69 Å². The molecular weight excluding hydrogens is 255 g/mol. The van der Waals surface area contributed by atoms with Crippen molar-refractivity contribution in [3.05, 3.63) is 34.6 Å². The lowest BCUT2D eigenvalue weighted by atomic mass is 10.3. The average molecular weight is 259 g/mol. The van der Waals surface area contributed by atoms with Crippen LogP contribution in [-0.2, 0) is 0 Å². The zero-order valence-electron chi connectivity index (χ0n) is 6.74. The van der Waals surface area contributed by atoms with Crippen molar-refractivity contribution in [3.8, 4) is 0 Å². The molecule has 0 bridgehead atoms. The molecule has 0 atom stereocenters. The highest BCUT2D eigenvalue weighted by Gasteiger charge is 2.14. The van der Waals surface area contributed by atoms with E-state index in [4.69, 9.17) is 5.11 Å². The number of aromatic carboxylic acids is 1. The third-order valence-corrected chi connectivity index (χ3v) is 2.39. The molecule has 1 N–H and O–H groups in total. The number of fused-ring (bicyclic) bond motifs is 1. The second kappa shape index (κ2) is 3.06. The van der Waals surface area contributed by atoms with Gasteiger partial charge in [0, 0.05) is 0 Å². The lowest BCUT2D eigenvalue weighted by Crippen LogP contribution is -1.98. The molecule has 0 spiro atoms. The van der Waals surface area contributed by atoms with E-state index in [9.17, 15) is 9.18 Å². The van der Waals surface area contributed by atoms with Crippen molar-refractivity contribution in [3.63, 3.8) is 0 Å². The topological polar surface area (TPSA) is 54.6 Å². The summed E-state index contributed by atoms with van der Waals surface area (Å²) in [4.78, 5) is 14.3. The second-order valence-electron chi connectivity index (χ2n) is 2.63. The van der Waals surface area contributed by atoms with Gasteiger partial charge in [0.2, 0.25) is 5.95 Å². The first kappa shape index (κ1) is 9.14. The summed E-state index contributed by atoms with van der Waals surface area (Å²) in [5.41, 5.74) is 0.0783. The predicted molar refractivity (Wildman–Crippen MR) is 49.8 cm³/mol. The van der Waals surface area contributed by atoms with Crippen LogP contribution in [0.25, 0.3) is 5.52 Å². The fourth-order valence-electron chi connectivity index (χ4n) is 1.17. The zero-order valence-corrected chi connectivity index (χ0v) is 8.32. The normalized spacial score (nSPS) is 10.7. The maximum atomic E-state index is 13.4. The van der Waals surface area contributed by atoms with Gasteiger partial charge in [-0.05, 0) is 28.1 Å². The van der Waals surface area contributed by atoms with Gasteiger partial charge >= 0.3 is 5.97 Å². The number of hydrogen-bond donors (Lipinski definition) is 1. The number of carbonyl (C=O) groups is 1. The zero-order chi connectivity index (χ0) is 10.3. The molecule has 72 valence electrons. The Kier molecular flexibility index (Phi) is 1.99. The number of carboxylic acids is 1. The Hall–Kier alpha value is -1.43. The largest absolute Gasteiger partial charge is 0.476 e. The summed E-state index contributed by atoms with van der Waals surface area (Å²) in [7, 11) is 0. The van der Waals surface area contributed by atoms with Gasteiger partial charge in [-0.1, -0.05) is 0 Å². The number of nitrogens with zero attached hydrogens (tertiary/aromatic N) is 2. The molecule has 6 heteroatoms. The van der Waals surface area contributed by atoms with E-state index >= 15 is 0 Å². The third kappa shape index (κ3) is 1.19. The highest BCUT2D eigenvalue weighted by atomic mass is 79.9. The molecule has 4 nitrogen and oxygen atoms in total. The van der Waals surface area contributed by atoms with E-state index in [0.29, 0.717) is 0 Å². The van der Waals surface area contributed by atoms with Crippen LogP contribution in [-0.4, -0.2) is 20.5 Å². The minimum Gasteiger partial charge on any atom is -0.476 e. The van der Waals surface area contributed by atoms with Crippen LogP contribution in [0.4, 0.5) is 4.39 Å². The molecule has 2 aromatic rings. The summed E-state index contributed by atoms with van der Waals surface area (Å²) >= 11 is 2.99. The molecule has 2 heterocycles. The fraction of sp³-hybridized carbons (Fsp3) is 0. The second-order valence-corrected chi connectivity index (χ2v) is 3.48. The van der Waals surface area contributed by atoms with Gasteiger partial charge < -0.3 is 5.11 Å². The molecule has 0 aliphatic rings. The van der Waals surface area contributed by atoms with E-state index < -0.39 is 11.9 Å². The van der Waals surface area contributed by atoms with Crippen LogP contribution in [0.1, 0.15) is 10.5 Å². The van der Waals surface area contributed by atoms with Crippen molar-refractivity contribution in [2.45, 2.75) is 0 Å². The van der Waals surface area contributed by atoms with Crippen molar-refractivity contribution in [1.82, 2.24) is 9.38 Å². The van der Waals surface area contributed by atoms with E-state index in [0.717, 1.165) is 10.7 Å². The molecule has 0 unspecified atom stereocenters. The summed E-state index contributed by atoms with van der Waals surface area (Å²) in [5.74, 6) is -1.74. The van der Waals surface area contributed by atoms with Crippen LogP contribution in [0.2, 0.25) is 0 Å². The number of rotatable bonds is 1. The lowest BCUT2D eigenvalue weighted by molar-refractivity contribution is 0.0693. The minimum absolute atomic E-state index is 0.156. The Labute approximate surface area is 86.1 Å². The van der Waals surface area contributed by atoms with Crippen molar-refractivity contribution >= 4 is 27.4 Å². The molecule has 2 aromatic heterocycles. The van der Waals surface area contributed by atoms with Crippen molar-refractivity contribution < 1.29 is 14.3 Å². The molecule has 0 amide bonds. The summed E-state index contributed by atoms with van der Waals surface area (Å²) < 4.78 is 14.7. The Morgan fingerprint density at radius 3 is 2.93 bits per heavy atom. The molecule has 0 saturated carbocycles. The van der Waals surface area contributed by atoms with Gasteiger partial charge in [0.05, 0.1) is 9.99 Å².